The number of carbonyl (C=O) groups is 2. The Balaban J connectivity index is 1.46. The highest BCUT2D eigenvalue weighted by atomic mass is 16.6. The van der Waals surface area contributed by atoms with Crippen LogP contribution in [0.15, 0.2) is 13.6 Å². The molecule has 0 aliphatic carbocycles. The summed E-state index contributed by atoms with van der Waals surface area (Å²) in [6.07, 6.45) is 1.01. The minimum atomic E-state index is -0.830. The molecule has 1 N–H and O–H groups in total. The van der Waals surface area contributed by atoms with Crippen LogP contribution >= 0.6 is 0 Å². The third-order valence-electron chi connectivity index (χ3n) is 5.44. The van der Waals surface area contributed by atoms with E-state index in [9.17, 15) is 14.4 Å². The molecule has 9 nitrogen and oxygen atoms in total. The van der Waals surface area contributed by atoms with Crippen molar-refractivity contribution in [3.05, 3.63) is 22.1 Å². The summed E-state index contributed by atoms with van der Waals surface area (Å²) in [6, 6.07) is 0. The highest BCUT2D eigenvalue weighted by Crippen LogP contribution is 2.45. The van der Waals surface area contributed by atoms with Crippen LogP contribution < -0.4 is 11.1 Å². The van der Waals surface area contributed by atoms with Gasteiger partial charge in [-0.2, -0.15) is 0 Å². The van der Waals surface area contributed by atoms with Gasteiger partial charge in [0.15, 0.2) is 18.1 Å². The molecule has 142 valence electrons. The van der Waals surface area contributed by atoms with Gasteiger partial charge in [0.25, 0.3) is 0 Å². The van der Waals surface area contributed by atoms with Gasteiger partial charge in [0.2, 0.25) is 5.91 Å². The molecule has 9 heteroatoms. The Bertz CT molecular complexity index is 749. The second-order valence-electron chi connectivity index (χ2n) is 6.96. The normalized spacial score (nSPS) is 30.6. The van der Waals surface area contributed by atoms with Crippen LogP contribution in [0.3, 0.4) is 0 Å². The van der Waals surface area contributed by atoms with Gasteiger partial charge in [0.05, 0.1) is 24.0 Å². The average Bonchev–Trinajstić information content (AvgIpc) is 3.34. The number of fused-ring (bicyclic) bond motifs is 2. The number of hydrogen-bond donors (Lipinski definition) is 1. The molecule has 4 heterocycles. The zero-order valence-electron chi connectivity index (χ0n) is 14.6. The summed E-state index contributed by atoms with van der Waals surface area (Å²) in [5, 5.41) is 3.21. The summed E-state index contributed by atoms with van der Waals surface area (Å²) < 4.78 is 20.8. The molecular formula is C17H22N2O7. The van der Waals surface area contributed by atoms with Crippen LogP contribution in [-0.4, -0.2) is 55.2 Å². The number of piperazine rings is 1. The maximum Gasteiger partial charge on any atom is 0.519 e. The van der Waals surface area contributed by atoms with Crippen molar-refractivity contribution in [1.82, 2.24) is 10.2 Å². The smallest absolute Gasteiger partial charge is 0.457 e. The van der Waals surface area contributed by atoms with E-state index in [1.54, 1.807) is 11.8 Å². The number of ether oxygens (including phenoxy) is 2. The standard InChI is InChI=1S/C17H22N2O7/c1-9-12(26-17(22)24-9)8-23-16(21)14-11-3-2-10(25-11)13(14)15(20)19-6-4-18-5-7-19/h10-11,13-14,18H,2-8H2,1H3. The highest BCUT2D eigenvalue weighted by molar-refractivity contribution is 5.87. The van der Waals surface area contributed by atoms with Gasteiger partial charge in [-0.25, -0.2) is 4.79 Å². The molecule has 3 saturated heterocycles. The third-order valence-corrected chi connectivity index (χ3v) is 5.44. The van der Waals surface area contributed by atoms with Gasteiger partial charge >= 0.3 is 11.8 Å². The lowest BCUT2D eigenvalue weighted by molar-refractivity contribution is -0.157. The zero-order valence-corrected chi connectivity index (χ0v) is 14.6. The molecule has 0 spiro atoms. The summed E-state index contributed by atoms with van der Waals surface area (Å²) in [5.74, 6) is -2.02. The fourth-order valence-corrected chi connectivity index (χ4v) is 4.13. The minimum absolute atomic E-state index is 0.0355. The van der Waals surface area contributed by atoms with Gasteiger partial charge in [-0.3, -0.25) is 9.59 Å². The SMILES string of the molecule is Cc1oc(=O)oc1COC(=O)C1C2CCC(O2)C1C(=O)N1CCNCC1. The lowest BCUT2D eigenvalue weighted by Gasteiger charge is -2.33. The fourth-order valence-electron chi connectivity index (χ4n) is 4.13. The van der Waals surface area contributed by atoms with Crippen molar-refractivity contribution in [2.75, 3.05) is 26.2 Å². The molecule has 0 aromatic carbocycles. The van der Waals surface area contributed by atoms with E-state index in [0.29, 0.717) is 13.1 Å². The number of esters is 1. The van der Waals surface area contributed by atoms with Crippen molar-refractivity contribution >= 4 is 11.9 Å². The Morgan fingerprint density at radius 3 is 2.50 bits per heavy atom. The lowest BCUT2D eigenvalue weighted by atomic mass is 9.78. The second-order valence-corrected chi connectivity index (χ2v) is 6.96. The molecule has 3 aliphatic rings. The zero-order chi connectivity index (χ0) is 18.3. The largest absolute Gasteiger partial charge is 0.519 e. The number of aryl methyl sites for hydroxylation is 1. The molecule has 4 atom stereocenters. The third kappa shape index (κ3) is 3.05. The summed E-state index contributed by atoms with van der Waals surface area (Å²) in [7, 11) is 0. The first-order valence-electron chi connectivity index (χ1n) is 8.95. The van der Waals surface area contributed by atoms with Gasteiger partial charge in [0, 0.05) is 26.2 Å². The number of amides is 1. The number of rotatable bonds is 4. The summed E-state index contributed by atoms with van der Waals surface area (Å²) in [5.41, 5.74) is 0. The average molecular weight is 366 g/mol. The minimum Gasteiger partial charge on any atom is -0.457 e. The van der Waals surface area contributed by atoms with Crippen LogP contribution in [0.5, 0.6) is 0 Å². The molecule has 3 aliphatic heterocycles. The van der Waals surface area contributed by atoms with E-state index >= 15 is 0 Å². The first-order chi connectivity index (χ1) is 12.5. The Hall–Kier alpha value is -2.13. The summed E-state index contributed by atoms with van der Waals surface area (Å²) in [6.45, 7) is 4.13. The summed E-state index contributed by atoms with van der Waals surface area (Å²) in [4.78, 5) is 38.5. The molecule has 0 radical (unpaired) electrons. The number of hydrogen-bond acceptors (Lipinski definition) is 8. The molecule has 4 unspecified atom stereocenters. The lowest BCUT2D eigenvalue weighted by Crippen LogP contribution is -2.52. The second kappa shape index (κ2) is 6.88. The molecular weight excluding hydrogens is 344 g/mol. The van der Waals surface area contributed by atoms with Gasteiger partial charge in [-0.05, 0) is 19.8 Å². The molecule has 3 fully saturated rings. The van der Waals surface area contributed by atoms with Crippen molar-refractivity contribution in [3.8, 4) is 0 Å². The highest BCUT2D eigenvalue weighted by Gasteiger charge is 2.56. The van der Waals surface area contributed by atoms with Crippen LogP contribution in [0.25, 0.3) is 0 Å². The van der Waals surface area contributed by atoms with Crippen LogP contribution in [-0.2, 0) is 25.7 Å². The van der Waals surface area contributed by atoms with Crippen LogP contribution in [0, 0.1) is 18.8 Å². The van der Waals surface area contributed by atoms with E-state index in [4.69, 9.17) is 18.3 Å². The molecule has 0 saturated carbocycles. The number of nitrogens with zero attached hydrogens (tertiary/aromatic N) is 1. The van der Waals surface area contributed by atoms with Crippen molar-refractivity contribution in [2.45, 2.75) is 38.6 Å². The number of carbonyl (C=O) groups excluding carboxylic acids is 2. The first kappa shape index (κ1) is 17.3. The maximum atomic E-state index is 13.0. The fraction of sp³-hybridized carbons (Fsp3) is 0.706. The van der Waals surface area contributed by atoms with Crippen molar-refractivity contribution in [2.24, 2.45) is 11.8 Å². The van der Waals surface area contributed by atoms with Crippen LogP contribution in [0.1, 0.15) is 24.4 Å². The summed E-state index contributed by atoms with van der Waals surface area (Å²) >= 11 is 0. The van der Waals surface area contributed by atoms with Crippen LogP contribution in [0.4, 0.5) is 0 Å². The molecule has 4 rings (SSSR count). The Labute approximate surface area is 149 Å². The van der Waals surface area contributed by atoms with E-state index < -0.39 is 23.6 Å². The Kier molecular flexibility index (Phi) is 4.58. The Morgan fingerprint density at radius 2 is 1.85 bits per heavy atom. The van der Waals surface area contributed by atoms with E-state index in [1.165, 1.54) is 0 Å². The van der Waals surface area contributed by atoms with Crippen LogP contribution in [0.2, 0.25) is 0 Å². The topological polar surface area (TPSA) is 111 Å². The van der Waals surface area contributed by atoms with E-state index in [1.807, 2.05) is 0 Å². The van der Waals surface area contributed by atoms with Crippen molar-refractivity contribution < 1.29 is 27.9 Å². The maximum absolute atomic E-state index is 13.0. The molecule has 26 heavy (non-hydrogen) atoms. The van der Waals surface area contributed by atoms with E-state index in [-0.39, 0.29) is 36.2 Å². The van der Waals surface area contributed by atoms with Gasteiger partial charge in [-0.15, -0.1) is 0 Å². The predicted octanol–water partition coefficient (Wildman–Crippen LogP) is -0.190. The van der Waals surface area contributed by atoms with Crippen molar-refractivity contribution in [1.29, 1.82) is 0 Å². The monoisotopic (exact) mass is 366 g/mol. The predicted molar refractivity (Wildman–Crippen MR) is 86.1 cm³/mol. The van der Waals surface area contributed by atoms with E-state index in [2.05, 4.69) is 5.32 Å². The molecule has 1 aromatic heterocycles. The molecule has 1 aromatic rings. The van der Waals surface area contributed by atoms with Gasteiger partial charge in [0.1, 0.15) is 0 Å². The quantitative estimate of drug-likeness (QED) is 0.730. The molecule has 2 bridgehead atoms. The molecule has 1 amide bonds. The van der Waals surface area contributed by atoms with E-state index in [0.717, 1.165) is 25.9 Å². The first-order valence-corrected chi connectivity index (χ1v) is 8.95. The number of nitrogens with one attached hydrogen (secondary N) is 1. The van der Waals surface area contributed by atoms with Gasteiger partial charge in [-0.1, -0.05) is 0 Å². The van der Waals surface area contributed by atoms with Gasteiger partial charge < -0.3 is 28.5 Å². The Morgan fingerprint density at radius 1 is 1.15 bits per heavy atom. The van der Waals surface area contributed by atoms with Crippen molar-refractivity contribution in [3.63, 3.8) is 0 Å².